The van der Waals surface area contributed by atoms with Crippen LogP contribution in [0.4, 0.5) is 5.69 Å². The van der Waals surface area contributed by atoms with Gasteiger partial charge in [-0.25, -0.2) is 8.42 Å². The van der Waals surface area contributed by atoms with E-state index in [2.05, 4.69) is 20.9 Å². The van der Waals surface area contributed by atoms with E-state index < -0.39 is 15.3 Å². The summed E-state index contributed by atoms with van der Waals surface area (Å²) < 4.78 is 36.8. The second kappa shape index (κ2) is 8.70. The lowest BCUT2D eigenvalue weighted by molar-refractivity contribution is -0.124. The number of hydrogen-bond donors (Lipinski definition) is 0. The van der Waals surface area contributed by atoms with E-state index in [1.54, 1.807) is 0 Å². The van der Waals surface area contributed by atoms with Gasteiger partial charge in [0.25, 0.3) is 5.91 Å². The third kappa shape index (κ3) is 4.80. The molecule has 2 heterocycles. The molecule has 0 bridgehead atoms. The molecule has 2 atom stereocenters. The molecule has 0 unspecified atom stereocenters. The van der Waals surface area contributed by atoms with E-state index in [1.807, 2.05) is 51.7 Å². The van der Waals surface area contributed by atoms with Crippen molar-refractivity contribution in [3.63, 3.8) is 0 Å². The first-order valence-electron chi connectivity index (χ1n) is 9.85. The number of amides is 1. The molecular weight excluding hydrogens is 492 g/mol. The molecule has 0 radical (unpaired) electrons. The molecule has 0 aromatic heterocycles. The number of rotatable bonds is 5. The third-order valence-corrected chi connectivity index (χ3v) is 8.62. The number of sulfone groups is 1. The van der Waals surface area contributed by atoms with E-state index in [0.29, 0.717) is 35.6 Å². The Hall–Kier alpha value is -1.26. The Morgan fingerprint density at radius 3 is 2.37 bits per heavy atom. The highest BCUT2D eigenvalue weighted by atomic mass is 79.9. The van der Waals surface area contributed by atoms with Gasteiger partial charge in [-0.05, 0) is 29.8 Å². The summed E-state index contributed by atoms with van der Waals surface area (Å²) in [6.07, 6.45) is 0. The third-order valence-electron chi connectivity index (χ3n) is 4.78. The minimum atomic E-state index is -3.15. The minimum Gasteiger partial charge on any atom is -0.490 e. The number of benzene rings is 1. The van der Waals surface area contributed by atoms with Crippen LogP contribution in [-0.4, -0.2) is 55.5 Å². The predicted octanol–water partition coefficient (Wildman–Crippen LogP) is 3.89. The van der Waals surface area contributed by atoms with Crippen LogP contribution in [0, 0.1) is 5.41 Å². The van der Waals surface area contributed by atoms with Gasteiger partial charge in [-0.1, -0.05) is 32.5 Å². The Labute approximate surface area is 190 Å². The summed E-state index contributed by atoms with van der Waals surface area (Å²) in [5.41, 5.74) is 0.0784. The molecular formula is C20H27BrN2O5S2. The van der Waals surface area contributed by atoms with Crippen molar-refractivity contribution in [3.05, 3.63) is 16.6 Å². The van der Waals surface area contributed by atoms with E-state index in [9.17, 15) is 13.2 Å². The van der Waals surface area contributed by atoms with E-state index in [1.165, 1.54) is 11.8 Å². The quantitative estimate of drug-likeness (QED) is 0.584. The normalized spacial score (nSPS) is 24.2. The van der Waals surface area contributed by atoms with E-state index >= 15 is 0 Å². The number of nitrogens with zero attached hydrogens (tertiary/aromatic N) is 2. The van der Waals surface area contributed by atoms with Crippen molar-refractivity contribution in [1.82, 2.24) is 0 Å². The molecule has 30 heavy (non-hydrogen) atoms. The molecule has 2 saturated heterocycles. The number of aliphatic imine (C=N–C) groups is 1. The summed E-state index contributed by atoms with van der Waals surface area (Å²) in [6.45, 7) is 10.2. The highest BCUT2D eigenvalue weighted by Crippen LogP contribution is 2.46. The Morgan fingerprint density at radius 2 is 1.80 bits per heavy atom. The van der Waals surface area contributed by atoms with Crippen LogP contribution in [0.25, 0.3) is 0 Å². The standard InChI is InChI=1S/C20H27BrN2O5S2/c1-6-27-15-8-12(21)13(9-16(15)28-7-2)23-14-10-30(25,26)11-17(14)29-19(23)22-18(24)20(3,4)5/h8-9,14,17H,6-7,10-11H2,1-5H3/t14-,17+/m0/s1. The van der Waals surface area contributed by atoms with Crippen molar-refractivity contribution in [3.8, 4) is 11.5 Å². The lowest BCUT2D eigenvalue weighted by atomic mass is 9.96. The molecule has 2 aliphatic heterocycles. The van der Waals surface area contributed by atoms with Gasteiger partial charge >= 0.3 is 0 Å². The number of halogens is 1. The molecule has 1 aromatic carbocycles. The zero-order valence-electron chi connectivity index (χ0n) is 17.8. The number of thioether (sulfide) groups is 1. The number of carbonyl (C=O) groups excluding carboxylic acids is 1. The van der Waals surface area contributed by atoms with Crippen LogP contribution < -0.4 is 14.4 Å². The van der Waals surface area contributed by atoms with Crippen LogP contribution in [0.5, 0.6) is 11.5 Å². The number of ether oxygens (including phenoxy) is 2. The highest BCUT2D eigenvalue weighted by Gasteiger charge is 2.50. The molecule has 2 fully saturated rings. The molecule has 166 valence electrons. The van der Waals surface area contributed by atoms with Gasteiger partial charge in [-0.15, -0.1) is 0 Å². The van der Waals surface area contributed by atoms with Gasteiger partial charge in [0, 0.05) is 27.3 Å². The molecule has 0 N–H and O–H groups in total. The highest BCUT2D eigenvalue weighted by molar-refractivity contribution is 9.10. The maximum Gasteiger partial charge on any atom is 0.253 e. The van der Waals surface area contributed by atoms with Gasteiger partial charge in [0.2, 0.25) is 0 Å². The maximum absolute atomic E-state index is 12.6. The Balaban J connectivity index is 2.11. The van der Waals surface area contributed by atoms with Crippen molar-refractivity contribution in [2.45, 2.75) is 45.9 Å². The molecule has 10 heteroatoms. The summed E-state index contributed by atoms with van der Waals surface area (Å²) in [5.74, 6) is 1.02. The van der Waals surface area contributed by atoms with E-state index in [-0.39, 0.29) is 28.7 Å². The fraction of sp³-hybridized carbons (Fsp3) is 0.600. The first kappa shape index (κ1) is 23.4. The Bertz CT molecular complexity index is 972. The predicted molar refractivity (Wildman–Crippen MR) is 125 cm³/mol. The van der Waals surface area contributed by atoms with Gasteiger partial charge in [0.15, 0.2) is 26.5 Å². The summed E-state index contributed by atoms with van der Waals surface area (Å²) in [6, 6.07) is 3.34. The van der Waals surface area contributed by atoms with Gasteiger partial charge in [-0.2, -0.15) is 4.99 Å². The van der Waals surface area contributed by atoms with Crippen molar-refractivity contribution in [1.29, 1.82) is 0 Å². The van der Waals surface area contributed by atoms with Crippen molar-refractivity contribution in [2.24, 2.45) is 10.4 Å². The molecule has 0 saturated carbocycles. The second-order valence-electron chi connectivity index (χ2n) is 8.24. The largest absolute Gasteiger partial charge is 0.490 e. The minimum absolute atomic E-state index is 0.0248. The fourth-order valence-electron chi connectivity index (χ4n) is 3.35. The molecule has 0 spiro atoms. The number of carbonyl (C=O) groups is 1. The van der Waals surface area contributed by atoms with Crippen molar-refractivity contribution < 1.29 is 22.7 Å². The van der Waals surface area contributed by atoms with Crippen LogP contribution in [0.3, 0.4) is 0 Å². The van der Waals surface area contributed by atoms with Crippen LogP contribution in [-0.2, 0) is 14.6 Å². The zero-order chi connectivity index (χ0) is 22.3. The van der Waals surface area contributed by atoms with E-state index in [4.69, 9.17) is 9.47 Å². The summed E-state index contributed by atoms with van der Waals surface area (Å²) in [5, 5.41) is 0.350. The molecule has 7 nitrogen and oxygen atoms in total. The monoisotopic (exact) mass is 518 g/mol. The zero-order valence-corrected chi connectivity index (χ0v) is 21.0. The van der Waals surface area contributed by atoms with Crippen LogP contribution in [0.15, 0.2) is 21.6 Å². The Kier molecular flexibility index (Phi) is 6.79. The molecule has 1 aromatic rings. The van der Waals surface area contributed by atoms with E-state index in [0.717, 1.165) is 4.47 Å². The van der Waals surface area contributed by atoms with Crippen LogP contribution in [0.1, 0.15) is 34.6 Å². The van der Waals surface area contributed by atoms with Crippen molar-refractivity contribution >= 4 is 54.3 Å². The van der Waals surface area contributed by atoms with Crippen LogP contribution >= 0.6 is 27.7 Å². The SMILES string of the molecule is CCOc1cc(Br)c(N2C(=NC(=O)C(C)(C)C)S[C@@H]3CS(=O)(=O)C[C@@H]32)cc1OCC. The average Bonchev–Trinajstić information content (AvgIpc) is 3.08. The summed E-state index contributed by atoms with van der Waals surface area (Å²) in [7, 11) is -3.15. The van der Waals surface area contributed by atoms with Crippen LogP contribution in [0.2, 0.25) is 0 Å². The molecule has 0 aliphatic carbocycles. The molecule has 1 amide bonds. The van der Waals surface area contributed by atoms with Gasteiger partial charge in [-0.3, -0.25) is 4.79 Å². The van der Waals surface area contributed by atoms with Crippen molar-refractivity contribution in [2.75, 3.05) is 29.6 Å². The lowest BCUT2D eigenvalue weighted by Gasteiger charge is -2.27. The first-order chi connectivity index (χ1) is 14.0. The molecule has 3 rings (SSSR count). The number of fused-ring (bicyclic) bond motifs is 1. The fourth-order valence-corrected chi connectivity index (χ4v) is 7.77. The number of anilines is 1. The Morgan fingerprint density at radius 1 is 1.20 bits per heavy atom. The van der Waals surface area contributed by atoms with Gasteiger partial charge in [0.05, 0.1) is 36.4 Å². The summed E-state index contributed by atoms with van der Waals surface area (Å²) in [4.78, 5) is 18.9. The smallest absolute Gasteiger partial charge is 0.253 e. The maximum atomic E-state index is 12.6. The van der Waals surface area contributed by atoms with Gasteiger partial charge in [0.1, 0.15) is 0 Å². The topological polar surface area (TPSA) is 85.3 Å². The van der Waals surface area contributed by atoms with Gasteiger partial charge < -0.3 is 14.4 Å². The lowest BCUT2D eigenvalue weighted by Crippen LogP contribution is -2.38. The summed E-state index contributed by atoms with van der Waals surface area (Å²) >= 11 is 4.95. The average molecular weight is 519 g/mol. The second-order valence-corrected chi connectivity index (χ2v) is 12.5. The number of hydrogen-bond acceptors (Lipinski definition) is 6. The first-order valence-corrected chi connectivity index (χ1v) is 13.3. The number of amidine groups is 1. The molecule has 2 aliphatic rings.